The molecule has 0 radical (unpaired) electrons. The largest absolute Gasteiger partial charge is 0.465 e. The molecular formula is C14H23N3O4. The molecule has 21 heavy (non-hydrogen) atoms. The molecule has 1 rings (SSSR count). The van der Waals surface area contributed by atoms with Crippen molar-refractivity contribution in [3.8, 4) is 0 Å². The fourth-order valence-corrected chi connectivity index (χ4v) is 1.73. The number of ether oxygens (including phenoxy) is 2. The molecule has 0 aliphatic rings. The molecule has 0 saturated carbocycles. The van der Waals surface area contributed by atoms with E-state index in [-0.39, 0.29) is 18.6 Å². The lowest BCUT2D eigenvalue weighted by Gasteiger charge is -2.22. The van der Waals surface area contributed by atoms with Gasteiger partial charge in [0.15, 0.2) is 0 Å². The minimum absolute atomic E-state index is 0.0590. The molecule has 1 atom stereocenters. The monoisotopic (exact) mass is 297 g/mol. The Morgan fingerprint density at radius 3 is 2.67 bits per heavy atom. The number of imidazole rings is 1. The van der Waals surface area contributed by atoms with Crippen molar-refractivity contribution in [1.82, 2.24) is 14.9 Å². The second-order valence-corrected chi connectivity index (χ2v) is 5.62. The summed E-state index contributed by atoms with van der Waals surface area (Å²) in [5.74, 6) is -0.346. The molecule has 0 aliphatic heterocycles. The Bertz CT molecular complexity index is 491. The van der Waals surface area contributed by atoms with E-state index in [2.05, 4.69) is 10.3 Å². The van der Waals surface area contributed by atoms with Gasteiger partial charge in [-0.25, -0.2) is 9.78 Å². The summed E-state index contributed by atoms with van der Waals surface area (Å²) in [4.78, 5) is 27.3. The van der Waals surface area contributed by atoms with E-state index >= 15 is 0 Å². The number of amides is 1. The Hall–Kier alpha value is -2.05. The normalized spacial score (nSPS) is 12.6. The van der Waals surface area contributed by atoms with Crippen molar-refractivity contribution in [2.45, 2.75) is 52.8 Å². The van der Waals surface area contributed by atoms with Crippen LogP contribution >= 0.6 is 0 Å². The number of aromatic nitrogens is 2. The maximum absolute atomic E-state index is 11.7. The zero-order chi connectivity index (χ0) is 16.0. The van der Waals surface area contributed by atoms with Crippen molar-refractivity contribution in [2.24, 2.45) is 0 Å². The van der Waals surface area contributed by atoms with Gasteiger partial charge in [-0.05, 0) is 34.6 Å². The van der Waals surface area contributed by atoms with Crippen LogP contribution < -0.4 is 5.32 Å². The number of alkyl carbamates (subject to hydrolysis) is 1. The van der Waals surface area contributed by atoms with Gasteiger partial charge in [0.2, 0.25) is 0 Å². The quantitative estimate of drug-likeness (QED) is 0.841. The van der Waals surface area contributed by atoms with Crippen molar-refractivity contribution < 1.29 is 19.1 Å². The maximum atomic E-state index is 11.7. The zero-order valence-corrected chi connectivity index (χ0v) is 13.2. The predicted octanol–water partition coefficient (Wildman–Crippen LogP) is 2.03. The number of rotatable bonds is 5. The molecule has 7 nitrogen and oxygen atoms in total. The van der Waals surface area contributed by atoms with E-state index in [1.807, 2.05) is 0 Å². The number of hydrogen-bond donors (Lipinski definition) is 1. The highest BCUT2D eigenvalue weighted by Gasteiger charge is 2.20. The van der Waals surface area contributed by atoms with Gasteiger partial charge in [-0.15, -0.1) is 0 Å². The second-order valence-electron chi connectivity index (χ2n) is 5.62. The van der Waals surface area contributed by atoms with Crippen molar-refractivity contribution in [1.29, 1.82) is 0 Å². The van der Waals surface area contributed by atoms with E-state index < -0.39 is 11.7 Å². The van der Waals surface area contributed by atoms with Gasteiger partial charge in [0, 0.05) is 0 Å². The first-order valence-electron chi connectivity index (χ1n) is 6.88. The number of esters is 1. The van der Waals surface area contributed by atoms with Gasteiger partial charge in [0.25, 0.3) is 0 Å². The van der Waals surface area contributed by atoms with E-state index in [1.54, 1.807) is 45.4 Å². The Labute approximate surface area is 124 Å². The molecule has 0 bridgehead atoms. The van der Waals surface area contributed by atoms with Crippen molar-refractivity contribution in [3.05, 3.63) is 18.2 Å². The molecule has 118 valence electrons. The van der Waals surface area contributed by atoms with Gasteiger partial charge in [-0.3, -0.25) is 4.79 Å². The van der Waals surface area contributed by atoms with E-state index in [0.29, 0.717) is 12.3 Å². The third-order valence-electron chi connectivity index (χ3n) is 2.53. The standard InChI is InChI=1S/C14H23N3O4/c1-6-20-12(18)8-17-9-15-7-11(17)10(2)16-13(19)21-14(3,4)5/h7,9-10H,6,8H2,1-5H3,(H,16,19). The number of nitrogens with one attached hydrogen (secondary N) is 1. The molecule has 1 aromatic rings. The fraction of sp³-hybridized carbons (Fsp3) is 0.643. The van der Waals surface area contributed by atoms with E-state index in [1.165, 1.54) is 6.33 Å². The summed E-state index contributed by atoms with van der Waals surface area (Å²) in [6, 6.07) is -0.336. The lowest BCUT2D eigenvalue weighted by molar-refractivity contribution is -0.143. The Morgan fingerprint density at radius 2 is 2.10 bits per heavy atom. The Balaban J connectivity index is 2.67. The first-order chi connectivity index (χ1) is 9.73. The Morgan fingerprint density at radius 1 is 1.43 bits per heavy atom. The van der Waals surface area contributed by atoms with E-state index in [4.69, 9.17) is 9.47 Å². The van der Waals surface area contributed by atoms with Gasteiger partial charge >= 0.3 is 12.1 Å². The topological polar surface area (TPSA) is 82.5 Å². The maximum Gasteiger partial charge on any atom is 0.408 e. The molecule has 0 spiro atoms. The molecule has 0 fully saturated rings. The number of carbonyl (C=O) groups is 2. The lowest BCUT2D eigenvalue weighted by Crippen LogP contribution is -2.34. The van der Waals surface area contributed by atoms with Gasteiger partial charge in [-0.1, -0.05) is 0 Å². The summed E-state index contributed by atoms with van der Waals surface area (Å²) < 4.78 is 11.7. The second kappa shape index (κ2) is 7.10. The summed E-state index contributed by atoms with van der Waals surface area (Å²) in [6.45, 7) is 9.31. The highest BCUT2D eigenvalue weighted by Crippen LogP contribution is 2.14. The minimum atomic E-state index is -0.561. The van der Waals surface area contributed by atoms with E-state index in [0.717, 1.165) is 0 Å². The molecule has 0 saturated heterocycles. The van der Waals surface area contributed by atoms with Crippen molar-refractivity contribution >= 4 is 12.1 Å². The minimum Gasteiger partial charge on any atom is -0.465 e. The SMILES string of the molecule is CCOC(=O)Cn1cncc1C(C)NC(=O)OC(C)(C)C. The zero-order valence-electron chi connectivity index (χ0n) is 13.2. The van der Waals surface area contributed by atoms with Crippen LogP contribution in [0.1, 0.15) is 46.4 Å². The highest BCUT2D eigenvalue weighted by atomic mass is 16.6. The summed E-state index contributed by atoms with van der Waals surface area (Å²) in [7, 11) is 0. The summed E-state index contributed by atoms with van der Waals surface area (Å²) in [5, 5.41) is 2.71. The Kier molecular flexibility index (Phi) is 5.75. The molecular weight excluding hydrogens is 274 g/mol. The molecule has 0 aliphatic carbocycles. The van der Waals surface area contributed by atoms with Crippen LogP contribution in [-0.2, 0) is 20.8 Å². The van der Waals surface area contributed by atoms with Crippen LogP contribution in [0.2, 0.25) is 0 Å². The van der Waals surface area contributed by atoms with Crippen LogP contribution in [0.4, 0.5) is 4.79 Å². The van der Waals surface area contributed by atoms with Gasteiger partial charge in [-0.2, -0.15) is 0 Å². The summed E-state index contributed by atoms with van der Waals surface area (Å²) in [6.07, 6.45) is 2.61. The number of nitrogens with zero attached hydrogens (tertiary/aromatic N) is 2. The average molecular weight is 297 g/mol. The van der Waals surface area contributed by atoms with Crippen LogP contribution in [0.25, 0.3) is 0 Å². The first-order valence-corrected chi connectivity index (χ1v) is 6.88. The van der Waals surface area contributed by atoms with Crippen LogP contribution in [-0.4, -0.2) is 33.8 Å². The predicted molar refractivity (Wildman–Crippen MR) is 76.6 cm³/mol. The molecule has 1 amide bonds. The molecule has 1 heterocycles. The van der Waals surface area contributed by atoms with Crippen molar-refractivity contribution in [2.75, 3.05) is 6.61 Å². The first kappa shape index (κ1) is 17.0. The van der Waals surface area contributed by atoms with Crippen LogP contribution in [0.3, 0.4) is 0 Å². The van der Waals surface area contributed by atoms with E-state index in [9.17, 15) is 9.59 Å². The van der Waals surface area contributed by atoms with Gasteiger partial charge in [0.1, 0.15) is 12.1 Å². The van der Waals surface area contributed by atoms with Crippen LogP contribution in [0.5, 0.6) is 0 Å². The van der Waals surface area contributed by atoms with Crippen molar-refractivity contribution in [3.63, 3.8) is 0 Å². The van der Waals surface area contributed by atoms with Crippen LogP contribution in [0.15, 0.2) is 12.5 Å². The summed E-state index contributed by atoms with van der Waals surface area (Å²) in [5.41, 5.74) is 0.142. The smallest absolute Gasteiger partial charge is 0.408 e. The molecule has 7 heteroatoms. The lowest BCUT2D eigenvalue weighted by atomic mass is 10.2. The number of hydrogen-bond acceptors (Lipinski definition) is 5. The highest BCUT2D eigenvalue weighted by molar-refractivity contribution is 5.69. The number of carbonyl (C=O) groups excluding carboxylic acids is 2. The fourth-order valence-electron chi connectivity index (χ4n) is 1.73. The molecule has 1 unspecified atom stereocenters. The molecule has 1 aromatic heterocycles. The third kappa shape index (κ3) is 5.85. The van der Waals surface area contributed by atoms with Crippen LogP contribution in [0, 0.1) is 0 Å². The summed E-state index contributed by atoms with van der Waals surface area (Å²) >= 11 is 0. The third-order valence-corrected chi connectivity index (χ3v) is 2.53. The molecule has 0 aromatic carbocycles. The van der Waals surface area contributed by atoms with Gasteiger partial charge < -0.3 is 19.4 Å². The average Bonchev–Trinajstić information content (AvgIpc) is 2.74. The van der Waals surface area contributed by atoms with Gasteiger partial charge in [0.05, 0.1) is 30.9 Å². The molecule has 1 N–H and O–H groups in total.